The Morgan fingerprint density at radius 1 is 1.36 bits per heavy atom. The van der Waals surface area contributed by atoms with Crippen LogP contribution in [0.4, 0.5) is 4.39 Å². The molecule has 0 spiro atoms. The summed E-state index contributed by atoms with van der Waals surface area (Å²) >= 11 is 4.68. The molecule has 150 valence electrons. The Labute approximate surface area is 173 Å². The molecule has 28 heavy (non-hydrogen) atoms. The molecule has 3 aromatic rings. The van der Waals surface area contributed by atoms with Gasteiger partial charge in [-0.25, -0.2) is 4.39 Å². The molecule has 0 fully saturated rings. The SMILES string of the molecule is CCC(F)(c1ccc(CSc2nnc(-c3ccco3)n2C)cc1Br)P(=O)(O)O. The molecule has 11 heteroatoms. The largest absolute Gasteiger partial charge is 0.461 e. The zero-order valence-electron chi connectivity index (χ0n) is 15.0. The quantitative estimate of drug-likeness (QED) is 0.361. The zero-order valence-corrected chi connectivity index (χ0v) is 18.3. The smallest absolute Gasteiger partial charge is 0.367 e. The van der Waals surface area contributed by atoms with Crippen molar-refractivity contribution in [1.29, 1.82) is 0 Å². The molecule has 0 saturated carbocycles. The lowest BCUT2D eigenvalue weighted by Crippen LogP contribution is -2.20. The van der Waals surface area contributed by atoms with Gasteiger partial charge in [0.25, 0.3) is 0 Å². The summed E-state index contributed by atoms with van der Waals surface area (Å²) in [5.74, 6) is 1.74. The van der Waals surface area contributed by atoms with E-state index >= 15 is 0 Å². The maximum Gasteiger partial charge on any atom is 0.367 e. The van der Waals surface area contributed by atoms with Gasteiger partial charge in [0, 0.05) is 22.8 Å². The predicted octanol–water partition coefficient (Wildman–Crippen LogP) is 4.84. The summed E-state index contributed by atoms with van der Waals surface area (Å²) in [7, 11) is -3.14. The van der Waals surface area contributed by atoms with Crippen LogP contribution in [0.25, 0.3) is 11.6 Å². The fourth-order valence-electron chi connectivity index (χ4n) is 2.72. The molecule has 0 aliphatic carbocycles. The van der Waals surface area contributed by atoms with Gasteiger partial charge in [0.2, 0.25) is 5.41 Å². The van der Waals surface area contributed by atoms with Crippen LogP contribution in [0.2, 0.25) is 0 Å². The van der Waals surface area contributed by atoms with Gasteiger partial charge in [-0.05, 0) is 30.2 Å². The first kappa shape index (κ1) is 21.3. The van der Waals surface area contributed by atoms with Crippen LogP contribution < -0.4 is 0 Å². The average Bonchev–Trinajstić information content (AvgIpc) is 3.28. The van der Waals surface area contributed by atoms with Gasteiger partial charge in [-0.3, -0.25) is 4.57 Å². The highest BCUT2D eigenvalue weighted by Crippen LogP contribution is 2.61. The number of thioether (sulfide) groups is 1. The average molecular weight is 490 g/mol. The Morgan fingerprint density at radius 3 is 2.68 bits per heavy atom. The third kappa shape index (κ3) is 3.97. The molecule has 7 nitrogen and oxygen atoms in total. The zero-order chi connectivity index (χ0) is 20.5. The van der Waals surface area contributed by atoms with Crippen LogP contribution >= 0.6 is 35.3 Å². The van der Waals surface area contributed by atoms with Crippen LogP contribution in [-0.4, -0.2) is 24.6 Å². The van der Waals surface area contributed by atoms with Crippen LogP contribution in [0.15, 0.2) is 50.6 Å². The van der Waals surface area contributed by atoms with E-state index < -0.39 is 13.0 Å². The van der Waals surface area contributed by atoms with Crippen LogP contribution in [0.1, 0.15) is 24.5 Å². The Morgan fingerprint density at radius 2 is 2.11 bits per heavy atom. The summed E-state index contributed by atoms with van der Waals surface area (Å²) in [6.07, 6.45) is 1.23. The predicted molar refractivity (Wildman–Crippen MR) is 108 cm³/mol. The Bertz CT molecular complexity index is 1020. The molecule has 1 atom stereocenters. The van der Waals surface area contributed by atoms with Crippen molar-refractivity contribution in [3.63, 3.8) is 0 Å². The van der Waals surface area contributed by atoms with Crippen molar-refractivity contribution >= 4 is 35.3 Å². The highest BCUT2D eigenvalue weighted by molar-refractivity contribution is 9.10. The number of hydrogen-bond acceptors (Lipinski definition) is 5. The van der Waals surface area contributed by atoms with Crippen molar-refractivity contribution in [2.75, 3.05) is 0 Å². The molecule has 1 aromatic carbocycles. The third-order valence-electron chi connectivity index (χ3n) is 4.32. The minimum absolute atomic E-state index is 0.0594. The molecule has 0 aliphatic heterocycles. The Hall–Kier alpha value is -1.45. The minimum Gasteiger partial charge on any atom is -0.461 e. The fraction of sp³-hybridized carbons (Fsp3) is 0.294. The maximum absolute atomic E-state index is 15.0. The van der Waals surface area contributed by atoms with E-state index in [2.05, 4.69) is 26.1 Å². The highest BCUT2D eigenvalue weighted by atomic mass is 79.9. The van der Waals surface area contributed by atoms with Crippen molar-refractivity contribution in [3.8, 4) is 11.6 Å². The summed E-state index contributed by atoms with van der Waals surface area (Å²) in [5, 5.41) is 6.23. The van der Waals surface area contributed by atoms with Gasteiger partial charge in [0.05, 0.1) is 6.26 Å². The molecule has 0 amide bonds. The number of furan rings is 1. The molecule has 0 radical (unpaired) electrons. The molecule has 3 rings (SSSR count). The topological polar surface area (TPSA) is 101 Å². The lowest BCUT2D eigenvalue weighted by Gasteiger charge is -2.26. The van der Waals surface area contributed by atoms with Crippen molar-refractivity contribution < 1.29 is 23.2 Å². The van der Waals surface area contributed by atoms with E-state index in [0.29, 0.717) is 27.0 Å². The van der Waals surface area contributed by atoms with Gasteiger partial charge in [0.15, 0.2) is 16.7 Å². The second-order valence-electron chi connectivity index (χ2n) is 6.10. The first-order valence-corrected chi connectivity index (χ1v) is 11.7. The number of halogens is 2. The van der Waals surface area contributed by atoms with Crippen LogP contribution in [0.3, 0.4) is 0 Å². The monoisotopic (exact) mass is 489 g/mol. The number of nitrogens with zero attached hydrogens (tertiary/aromatic N) is 3. The molecule has 1 unspecified atom stereocenters. The third-order valence-corrected chi connectivity index (χ3v) is 7.55. The second-order valence-corrected chi connectivity index (χ2v) is 9.70. The number of aromatic nitrogens is 3. The molecule has 2 heterocycles. The van der Waals surface area contributed by atoms with E-state index in [1.165, 1.54) is 24.8 Å². The van der Waals surface area contributed by atoms with Gasteiger partial charge in [-0.15, -0.1) is 10.2 Å². The molecule has 2 N–H and O–H groups in total. The van der Waals surface area contributed by atoms with Crippen LogP contribution in [-0.2, 0) is 22.8 Å². The first-order chi connectivity index (χ1) is 13.2. The van der Waals surface area contributed by atoms with E-state index in [0.717, 1.165) is 5.56 Å². The van der Waals surface area contributed by atoms with E-state index in [-0.39, 0.29) is 12.0 Å². The van der Waals surface area contributed by atoms with Gasteiger partial charge >= 0.3 is 7.60 Å². The van der Waals surface area contributed by atoms with Crippen LogP contribution in [0.5, 0.6) is 0 Å². The molecule has 0 aliphatic rings. The molecule has 2 aromatic heterocycles. The number of alkyl halides is 1. The van der Waals surface area contributed by atoms with E-state index in [4.69, 9.17) is 4.42 Å². The summed E-state index contributed by atoms with van der Waals surface area (Å²) in [4.78, 5) is 18.9. The van der Waals surface area contributed by atoms with Crippen LogP contribution in [0, 0.1) is 0 Å². The molecular formula is C17H18BrFN3O4PS. The molecular weight excluding hydrogens is 472 g/mol. The Kier molecular flexibility index (Phi) is 6.17. The normalized spacial score (nSPS) is 14.2. The van der Waals surface area contributed by atoms with E-state index in [1.54, 1.807) is 30.5 Å². The maximum atomic E-state index is 15.0. The number of hydrogen-bond donors (Lipinski definition) is 2. The summed E-state index contributed by atoms with van der Waals surface area (Å²) < 4.78 is 34.1. The minimum atomic E-state index is -4.98. The standard InChI is InChI=1S/C17H18BrFN3O4PS/c1-3-17(19,27(23,24)25)12-7-6-11(9-13(12)18)10-28-16-21-20-15(22(16)2)14-5-4-8-26-14/h4-9H,3,10H2,1-2H3,(H2,23,24,25). The van der Waals surface area contributed by atoms with Gasteiger partial charge in [-0.1, -0.05) is 46.7 Å². The van der Waals surface area contributed by atoms with Gasteiger partial charge < -0.3 is 18.8 Å². The van der Waals surface area contributed by atoms with E-state index in [9.17, 15) is 18.7 Å². The summed E-state index contributed by atoms with van der Waals surface area (Å²) in [6, 6.07) is 8.29. The lowest BCUT2D eigenvalue weighted by atomic mass is 10.1. The number of rotatable bonds is 7. The lowest BCUT2D eigenvalue weighted by molar-refractivity contribution is 0.197. The molecule has 0 bridgehead atoms. The van der Waals surface area contributed by atoms with Crippen molar-refractivity contribution in [2.24, 2.45) is 7.05 Å². The van der Waals surface area contributed by atoms with Crippen molar-refractivity contribution in [3.05, 3.63) is 52.2 Å². The number of benzene rings is 1. The first-order valence-electron chi connectivity index (χ1n) is 8.27. The van der Waals surface area contributed by atoms with Gasteiger partial charge in [0.1, 0.15) is 0 Å². The van der Waals surface area contributed by atoms with E-state index in [1.807, 2.05) is 11.6 Å². The summed E-state index contributed by atoms with van der Waals surface area (Å²) in [5.41, 5.74) is 0.781. The molecule has 0 saturated heterocycles. The fourth-order valence-corrected chi connectivity index (χ4v) is 5.39. The van der Waals surface area contributed by atoms with Crippen molar-refractivity contribution in [2.45, 2.75) is 29.7 Å². The van der Waals surface area contributed by atoms with Crippen molar-refractivity contribution in [1.82, 2.24) is 14.8 Å². The highest BCUT2D eigenvalue weighted by Gasteiger charge is 2.48. The summed E-state index contributed by atoms with van der Waals surface area (Å²) in [6.45, 7) is 1.40. The Balaban J connectivity index is 1.78. The van der Waals surface area contributed by atoms with Gasteiger partial charge in [-0.2, -0.15) is 0 Å². The second kappa shape index (κ2) is 8.12.